The highest BCUT2D eigenvalue weighted by atomic mass is 32.2. The van der Waals surface area contributed by atoms with E-state index in [9.17, 15) is 25.3 Å². The molecule has 10 nitrogen and oxygen atoms in total. The number of nitrogens with one attached hydrogen (secondary N) is 1. The first kappa shape index (κ1) is 33.2. The van der Waals surface area contributed by atoms with Crippen LogP contribution in [0.3, 0.4) is 0 Å². The predicted molar refractivity (Wildman–Crippen MR) is 167 cm³/mol. The van der Waals surface area contributed by atoms with E-state index in [0.717, 1.165) is 16.7 Å². The number of aryl methyl sites for hydroxylation is 3. The summed E-state index contributed by atoms with van der Waals surface area (Å²) < 4.78 is 85.9. The van der Waals surface area contributed by atoms with Gasteiger partial charge < -0.3 is 5.32 Å². The van der Waals surface area contributed by atoms with Crippen LogP contribution in [0.15, 0.2) is 87.5 Å². The van der Waals surface area contributed by atoms with Crippen LogP contribution in [-0.4, -0.2) is 90.5 Å². The van der Waals surface area contributed by atoms with Crippen molar-refractivity contribution in [3.63, 3.8) is 0 Å². The lowest BCUT2D eigenvalue weighted by atomic mass is 10.2. The van der Waals surface area contributed by atoms with Crippen molar-refractivity contribution in [2.45, 2.75) is 41.9 Å². The van der Waals surface area contributed by atoms with Gasteiger partial charge in [-0.2, -0.15) is 12.9 Å². The van der Waals surface area contributed by atoms with Crippen LogP contribution < -0.4 is 5.32 Å². The minimum absolute atomic E-state index is 0.0158. The van der Waals surface area contributed by atoms with Crippen LogP contribution in [0, 0.1) is 20.8 Å². The molecule has 1 heterocycles. The number of nitrogens with zero attached hydrogens (tertiary/aromatic N) is 3. The molecule has 0 aromatic heterocycles. The minimum Gasteiger partial charge on any atom is -0.314 e. The van der Waals surface area contributed by atoms with Crippen LogP contribution in [0.1, 0.15) is 23.1 Å². The second-order valence-electron chi connectivity index (χ2n) is 10.8. The molecule has 0 bridgehead atoms. The van der Waals surface area contributed by atoms with E-state index in [2.05, 4.69) is 5.32 Å². The minimum atomic E-state index is -4.00. The van der Waals surface area contributed by atoms with Gasteiger partial charge in [-0.15, -0.1) is 0 Å². The van der Waals surface area contributed by atoms with E-state index in [1.54, 1.807) is 60.7 Å². The molecule has 3 aromatic rings. The quantitative estimate of drug-likeness (QED) is 0.436. The summed E-state index contributed by atoms with van der Waals surface area (Å²) in [5.74, 6) is 0. The fourth-order valence-corrected chi connectivity index (χ4v) is 9.19. The number of benzene rings is 3. The summed E-state index contributed by atoms with van der Waals surface area (Å²) in [6.45, 7) is 6.36. The zero-order valence-electron chi connectivity index (χ0n) is 24.8. The van der Waals surface area contributed by atoms with Crippen LogP contribution in [0.4, 0.5) is 0 Å². The van der Waals surface area contributed by atoms with Crippen molar-refractivity contribution >= 4 is 30.1 Å². The highest BCUT2D eigenvalue weighted by Gasteiger charge is 2.30. The lowest BCUT2D eigenvalue weighted by molar-refractivity contribution is 0.335. The Morgan fingerprint density at radius 1 is 0.442 bits per heavy atom. The highest BCUT2D eigenvalue weighted by Crippen LogP contribution is 2.21. The second kappa shape index (κ2) is 14.0. The summed E-state index contributed by atoms with van der Waals surface area (Å²) in [5, 5.41) is 3.18. The maximum atomic E-state index is 13.8. The third-order valence-corrected chi connectivity index (χ3v) is 13.2. The van der Waals surface area contributed by atoms with Gasteiger partial charge in [0.1, 0.15) is 0 Å². The molecule has 0 unspecified atom stereocenters. The SMILES string of the molecule is Cc1ccc(S(=O)(=O)N2CCCN(S(=O)(=O)c3ccc(C)cc3)CCN(S(=O)(=O)c3ccc(C)cc3)CCNCC2)cc1. The third kappa shape index (κ3) is 8.09. The molecule has 0 radical (unpaired) electrons. The fourth-order valence-electron chi connectivity index (χ4n) is 4.81. The van der Waals surface area contributed by atoms with Gasteiger partial charge >= 0.3 is 0 Å². The van der Waals surface area contributed by atoms with Gasteiger partial charge in [0.15, 0.2) is 0 Å². The third-order valence-electron chi connectivity index (χ3n) is 7.47. The molecule has 0 aliphatic carbocycles. The smallest absolute Gasteiger partial charge is 0.243 e. The van der Waals surface area contributed by atoms with E-state index in [1.807, 2.05) is 20.8 Å². The van der Waals surface area contributed by atoms with Gasteiger partial charge in [-0.1, -0.05) is 53.1 Å². The lowest BCUT2D eigenvalue weighted by Gasteiger charge is -2.27. The summed E-state index contributed by atoms with van der Waals surface area (Å²) in [6, 6.07) is 19.7. The molecule has 0 saturated carbocycles. The van der Waals surface area contributed by atoms with Gasteiger partial charge in [-0.3, -0.25) is 0 Å². The molecule has 0 atom stereocenters. The van der Waals surface area contributed by atoms with E-state index in [0.29, 0.717) is 6.54 Å². The standard InChI is InChI=1S/C30H40N4O6S3/c1-25-5-11-28(12-6-25)41(35,36)32-19-4-20-33(42(37,38)29-13-7-26(2)8-14-29)23-24-34(22-18-31-17-21-32)43(39,40)30-15-9-27(3)10-16-30/h5-16,31H,4,17-24H2,1-3H3. The zero-order valence-corrected chi connectivity index (χ0v) is 27.3. The van der Waals surface area contributed by atoms with Gasteiger partial charge in [0.2, 0.25) is 30.1 Å². The van der Waals surface area contributed by atoms with E-state index >= 15 is 0 Å². The molecule has 43 heavy (non-hydrogen) atoms. The fraction of sp³-hybridized carbons (Fsp3) is 0.400. The van der Waals surface area contributed by atoms with E-state index in [-0.39, 0.29) is 66.9 Å². The Bertz CT molecular complexity index is 1690. The van der Waals surface area contributed by atoms with Crippen LogP contribution in [-0.2, 0) is 30.1 Å². The first-order chi connectivity index (χ1) is 20.3. The molecule has 1 fully saturated rings. The van der Waals surface area contributed by atoms with Gasteiger partial charge in [0.25, 0.3) is 0 Å². The van der Waals surface area contributed by atoms with E-state index in [1.165, 1.54) is 25.0 Å². The van der Waals surface area contributed by atoms with Gasteiger partial charge in [-0.25, -0.2) is 25.3 Å². The van der Waals surface area contributed by atoms with Gasteiger partial charge in [0, 0.05) is 52.4 Å². The Morgan fingerprint density at radius 2 is 0.721 bits per heavy atom. The predicted octanol–water partition coefficient (Wildman–Crippen LogP) is 2.98. The summed E-state index contributed by atoms with van der Waals surface area (Å²) in [5.41, 5.74) is 2.77. The second-order valence-corrected chi connectivity index (χ2v) is 16.6. The summed E-state index contributed by atoms with van der Waals surface area (Å²) in [4.78, 5) is 0.397. The van der Waals surface area contributed by atoms with E-state index in [4.69, 9.17) is 0 Å². The maximum Gasteiger partial charge on any atom is 0.243 e. The maximum absolute atomic E-state index is 13.8. The first-order valence-corrected chi connectivity index (χ1v) is 18.5. The molecule has 1 aliphatic rings. The van der Waals surface area contributed by atoms with Crippen LogP contribution in [0.2, 0.25) is 0 Å². The monoisotopic (exact) mass is 648 g/mol. The topological polar surface area (TPSA) is 124 Å². The molecular formula is C30H40N4O6S3. The Labute approximate surface area is 256 Å². The molecule has 3 aromatic carbocycles. The van der Waals surface area contributed by atoms with Crippen molar-refractivity contribution < 1.29 is 25.3 Å². The number of rotatable bonds is 6. The van der Waals surface area contributed by atoms with Crippen LogP contribution in [0.25, 0.3) is 0 Å². The van der Waals surface area contributed by atoms with Crippen molar-refractivity contribution in [2.24, 2.45) is 0 Å². The van der Waals surface area contributed by atoms with Crippen molar-refractivity contribution in [2.75, 3.05) is 52.4 Å². The zero-order chi connectivity index (χ0) is 31.3. The molecule has 13 heteroatoms. The van der Waals surface area contributed by atoms with Gasteiger partial charge in [-0.05, 0) is 63.6 Å². The summed E-state index contributed by atoms with van der Waals surface area (Å²) >= 11 is 0. The average Bonchev–Trinajstić information content (AvgIpc) is 2.98. The Morgan fingerprint density at radius 3 is 1.05 bits per heavy atom. The largest absolute Gasteiger partial charge is 0.314 e. The number of hydrogen-bond donors (Lipinski definition) is 1. The number of sulfonamides is 3. The molecule has 0 spiro atoms. The molecule has 1 saturated heterocycles. The van der Waals surface area contributed by atoms with Crippen LogP contribution >= 0.6 is 0 Å². The first-order valence-electron chi connectivity index (χ1n) is 14.2. The molecule has 0 amide bonds. The molecular weight excluding hydrogens is 609 g/mol. The molecule has 1 aliphatic heterocycles. The van der Waals surface area contributed by atoms with Crippen molar-refractivity contribution in [1.29, 1.82) is 0 Å². The van der Waals surface area contributed by atoms with E-state index < -0.39 is 30.1 Å². The lowest BCUT2D eigenvalue weighted by Crippen LogP contribution is -2.43. The van der Waals surface area contributed by atoms with Crippen LogP contribution in [0.5, 0.6) is 0 Å². The molecule has 234 valence electrons. The Hall–Kier alpha value is -2.65. The average molecular weight is 649 g/mol. The Kier molecular flexibility index (Phi) is 10.8. The highest BCUT2D eigenvalue weighted by molar-refractivity contribution is 7.89. The normalized spacial score (nSPS) is 17.9. The molecule has 4 rings (SSSR count). The number of hydrogen-bond acceptors (Lipinski definition) is 7. The summed E-state index contributed by atoms with van der Waals surface area (Å²) in [7, 11) is -11.8. The van der Waals surface area contributed by atoms with Crippen molar-refractivity contribution in [3.8, 4) is 0 Å². The summed E-state index contributed by atoms with van der Waals surface area (Å²) in [6.07, 6.45) is 0.223. The Balaban J connectivity index is 1.65. The van der Waals surface area contributed by atoms with Gasteiger partial charge in [0.05, 0.1) is 14.7 Å². The van der Waals surface area contributed by atoms with Crippen molar-refractivity contribution in [3.05, 3.63) is 89.5 Å². The van der Waals surface area contributed by atoms with Crippen molar-refractivity contribution in [1.82, 2.24) is 18.2 Å². The molecule has 1 N–H and O–H groups in total.